The average molecular weight is 293 g/mol. The van der Waals surface area contributed by atoms with Gasteiger partial charge in [0.05, 0.1) is 0 Å². The normalized spacial score (nSPS) is 11.9. The Morgan fingerprint density at radius 2 is 1.73 bits per heavy atom. The molecule has 0 fully saturated rings. The van der Waals surface area contributed by atoms with E-state index in [1.165, 1.54) is 12.1 Å². The lowest BCUT2D eigenvalue weighted by Crippen LogP contribution is -2.07. The summed E-state index contributed by atoms with van der Waals surface area (Å²) in [6.45, 7) is 2.02. The van der Waals surface area contributed by atoms with Crippen LogP contribution in [0.3, 0.4) is 0 Å². The Balaban J connectivity index is 1.72. The third kappa shape index (κ3) is 3.28. The van der Waals surface area contributed by atoms with Gasteiger partial charge in [-0.25, -0.2) is 9.37 Å². The molecule has 0 saturated heterocycles. The maximum Gasteiger partial charge on any atom is 0.126 e. The van der Waals surface area contributed by atoms with Crippen LogP contribution in [0.5, 0.6) is 0 Å². The molecule has 3 nitrogen and oxygen atoms in total. The van der Waals surface area contributed by atoms with Gasteiger partial charge in [0.15, 0.2) is 0 Å². The topological polar surface area (TPSA) is 37.8 Å². The van der Waals surface area contributed by atoms with Crippen LogP contribution in [-0.4, -0.2) is 9.97 Å². The number of anilines is 1. The van der Waals surface area contributed by atoms with E-state index in [-0.39, 0.29) is 11.9 Å². The van der Waals surface area contributed by atoms with Crippen LogP contribution in [0.25, 0.3) is 11.1 Å². The van der Waals surface area contributed by atoms with E-state index in [1.807, 2.05) is 43.6 Å². The van der Waals surface area contributed by atoms with Crippen LogP contribution >= 0.6 is 0 Å². The Bertz CT molecular complexity index is 725. The van der Waals surface area contributed by atoms with E-state index in [4.69, 9.17) is 0 Å². The molecular formula is C18H16FN3. The molecule has 0 spiro atoms. The van der Waals surface area contributed by atoms with Gasteiger partial charge in [-0.2, -0.15) is 0 Å². The van der Waals surface area contributed by atoms with Crippen LogP contribution < -0.4 is 5.32 Å². The fourth-order valence-corrected chi connectivity index (χ4v) is 2.24. The summed E-state index contributed by atoms with van der Waals surface area (Å²) in [5.74, 6) is 0.555. The quantitative estimate of drug-likeness (QED) is 0.772. The summed E-state index contributed by atoms with van der Waals surface area (Å²) < 4.78 is 12.9. The predicted molar refractivity (Wildman–Crippen MR) is 85.9 cm³/mol. The second-order valence-corrected chi connectivity index (χ2v) is 5.09. The van der Waals surface area contributed by atoms with Crippen LogP contribution in [0, 0.1) is 5.82 Å². The van der Waals surface area contributed by atoms with Crippen molar-refractivity contribution in [3.8, 4) is 11.1 Å². The van der Waals surface area contributed by atoms with Gasteiger partial charge in [0.1, 0.15) is 11.6 Å². The Morgan fingerprint density at radius 1 is 0.955 bits per heavy atom. The highest BCUT2D eigenvalue weighted by Gasteiger charge is 2.06. The van der Waals surface area contributed by atoms with Crippen molar-refractivity contribution in [2.45, 2.75) is 13.0 Å². The number of nitrogens with one attached hydrogen (secondary N) is 1. The first-order chi connectivity index (χ1) is 10.7. The zero-order valence-corrected chi connectivity index (χ0v) is 12.2. The number of rotatable bonds is 4. The lowest BCUT2D eigenvalue weighted by Gasteiger charge is -2.15. The number of aromatic nitrogens is 2. The second kappa shape index (κ2) is 6.35. The highest BCUT2D eigenvalue weighted by atomic mass is 19.1. The second-order valence-electron chi connectivity index (χ2n) is 5.09. The molecule has 4 heteroatoms. The van der Waals surface area contributed by atoms with Crippen LogP contribution in [0.1, 0.15) is 18.5 Å². The van der Waals surface area contributed by atoms with Gasteiger partial charge >= 0.3 is 0 Å². The summed E-state index contributed by atoms with van der Waals surface area (Å²) in [6, 6.07) is 14.4. The third-order valence-electron chi connectivity index (χ3n) is 3.49. The van der Waals surface area contributed by atoms with Gasteiger partial charge < -0.3 is 5.32 Å². The minimum Gasteiger partial charge on any atom is -0.364 e. The Hall–Kier alpha value is -2.75. The maximum absolute atomic E-state index is 12.9. The molecule has 1 atom stereocenters. The first-order valence-corrected chi connectivity index (χ1v) is 7.11. The summed E-state index contributed by atoms with van der Waals surface area (Å²) in [7, 11) is 0. The van der Waals surface area contributed by atoms with Crippen molar-refractivity contribution in [1.29, 1.82) is 0 Å². The Labute approximate surface area is 128 Å². The van der Waals surface area contributed by atoms with Gasteiger partial charge in [0.2, 0.25) is 0 Å². The molecule has 0 saturated carbocycles. The minimum absolute atomic E-state index is 0.0531. The summed E-state index contributed by atoms with van der Waals surface area (Å²) in [5, 5.41) is 3.31. The van der Waals surface area contributed by atoms with E-state index in [1.54, 1.807) is 18.3 Å². The van der Waals surface area contributed by atoms with Crippen molar-refractivity contribution >= 4 is 5.82 Å². The maximum atomic E-state index is 12.9. The number of halogens is 1. The molecule has 1 N–H and O–H groups in total. The van der Waals surface area contributed by atoms with E-state index < -0.39 is 0 Å². The predicted octanol–water partition coefficient (Wildman–Crippen LogP) is 4.46. The van der Waals surface area contributed by atoms with Crippen molar-refractivity contribution < 1.29 is 4.39 Å². The molecule has 1 aromatic carbocycles. The number of hydrogen-bond donors (Lipinski definition) is 1. The van der Waals surface area contributed by atoms with Gasteiger partial charge in [-0.3, -0.25) is 4.98 Å². The fraction of sp³-hybridized carbons (Fsp3) is 0.111. The van der Waals surface area contributed by atoms with E-state index in [9.17, 15) is 4.39 Å². The van der Waals surface area contributed by atoms with Gasteiger partial charge in [-0.05, 0) is 42.8 Å². The van der Waals surface area contributed by atoms with Gasteiger partial charge in [-0.15, -0.1) is 0 Å². The molecule has 110 valence electrons. The molecular weight excluding hydrogens is 277 g/mol. The molecule has 3 aromatic rings. The van der Waals surface area contributed by atoms with Gasteiger partial charge in [0, 0.05) is 35.8 Å². The van der Waals surface area contributed by atoms with Crippen LogP contribution in [0.15, 0.2) is 67.1 Å². The molecule has 0 bridgehead atoms. The first kappa shape index (κ1) is 14.2. The lowest BCUT2D eigenvalue weighted by molar-refractivity contribution is 0.626. The minimum atomic E-state index is -0.227. The summed E-state index contributed by atoms with van der Waals surface area (Å²) in [4.78, 5) is 8.53. The average Bonchev–Trinajstić information content (AvgIpc) is 2.57. The molecule has 0 aliphatic carbocycles. The van der Waals surface area contributed by atoms with E-state index >= 15 is 0 Å². The van der Waals surface area contributed by atoms with Crippen molar-refractivity contribution in [2.75, 3.05) is 5.32 Å². The Morgan fingerprint density at radius 3 is 2.36 bits per heavy atom. The first-order valence-electron chi connectivity index (χ1n) is 7.11. The van der Waals surface area contributed by atoms with Crippen LogP contribution in [0.2, 0.25) is 0 Å². The molecule has 0 aliphatic heterocycles. The van der Waals surface area contributed by atoms with E-state index in [0.717, 1.165) is 22.5 Å². The summed E-state index contributed by atoms with van der Waals surface area (Å²) in [5.41, 5.74) is 3.07. The molecule has 3 rings (SSSR count). The van der Waals surface area contributed by atoms with Crippen LogP contribution in [0.4, 0.5) is 10.2 Å². The zero-order valence-electron chi connectivity index (χ0n) is 12.2. The van der Waals surface area contributed by atoms with Crippen molar-refractivity contribution in [2.24, 2.45) is 0 Å². The smallest absolute Gasteiger partial charge is 0.126 e. The highest BCUT2D eigenvalue weighted by Crippen LogP contribution is 2.21. The standard InChI is InChI=1S/C18H16FN3/c1-13(14-4-7-17(19)8-5-14)22-18-9-6-16(12-21-18)15-3-2-10-20-11-15/h2-13H,1H3,(H,21,22). The molecule has 2 aromatic heterocycles. The van der Waals surface area contributed by atoms with E-state index in [2.05, 4.69) is 15.3 Å². The SMILES string of the molecule is CC(Nc1ccc(-c2cccnc2)cn1)c1ccc(F)cc1. The van der Waals surface area contributed by atoms with Crippen molar-refractivity contribution in [3.63, 3.8) is 0 Å². The molecule has 22 heavy (non-hydrogen) atoms. The van der Waals surface area contributed by atoms with Gasteiger partial charge in [-0.1, -0.05) is 18.2 Å². The Kier molecular flexibility index (Phi) is 4.10. The molecule has 2 heterocycles. The summed E-state index contributed by atoms with van der Waals surface area (Å²) >= 11 is 0. The lowest BCUT2D eigenvalue weighted by atomic mass is 10.1. The van der Waals surface area contributed by atoms with E-state index in [0.29, 0.717) is 0 Å². The van der Waals surface area contributed by atoms with Crippen LogP contribution in [-0.2, 0) is 0 Å². The van der Waals surface area contributed by atoms with Crippen molar-refractivity contribution in [3.05, 3.63) is 78.5 Å². The molecule has 0 amide bonds. The largest absolute Gasteiger partial charge is 0.364 e. The molecule has 1 unspecified atom stereocenters. The number of benzene rings is 1. The zero-order chi connectivity index (χ0) is 15.4. The van der Waals surface area contributed by atoms with Crippen molar-refractivity contribution in [1.82, 2.24) is 9.97 Å². The monoisotopic (exact) mass is 293 g/mol. The number of pyridine rings is 2. The number of hydrogen-bond acceptors (Lipinski definition) is 3. The van der Waals surface area contributed by atoms with Gasteiger partial charge in [0.25, 0.3) is 0 Å². The number of nitrogens with zero attached hydrogens (tertiary/aromatic N) is 2. The summed E-state index contributed by atoms with van der Waals surface area (Å²) in [6.07, 6.45) is 5.37. The third-order valence-corrected chi connectivity index (χ3v) is 3.49. The fourth-order valence-electron chi connectivity index (χ4n) is 2.24. The molecule has 0 radical (unpaired) electrons. The molecule has 0 aliphatic rings. The highest BCUT2D eigenvalue weighted by molar-refractivity contribution is 5.62.